The van der Waals surface area contributed by atoms with Crippen molar-refractivity contribution < 1.29 is 22.3 Å². The molecule has 2 atom stereocenters. The van der Waals surface area contributed by atoms with Gasteiger partial charge in [-0.25, -0.2) is 12.8 Å². The smallest absolute Gasteiger partial charge is 0.261 e. The molecule has 1 aliphatic rings. The lowest BCUT2D eigenvalue weighted by Gasteiger charge is -2.16. The van der Waals surface area contributed by atoms with E-state index >= 15 is 0 Å². The van der Waals surface area contributed by atoms with E-state index in [9.17, 15) is 17.6 Å². The van der Waals surface area contributed by atoms with Crippen molar-refractivity contribution in [1.82, 2.24) is 5.32 Å². The van der Waals surface area contributed by atoms with Crippen molar-refractivity contribution in [3.63, 3.8) is 0 Å². The predicted octanol–water partition coefficient (Wildman–Crippen LogP) is 1.97. The summed E-state index contributed by atoms with van der Waals surface area (Å²) in [5.41, 5.74) is -0.199. The van der Waals surface area contributed by atoms with Crippen LogP contribution < -0.4 is 5.32 Å². The lowest BCUT2D eigenvalue weighted by atomic mass is 10.1. The molecule has 21 heavy (non-hydrogen) atoms. The molecule has 2 unspecified atom stereocenters. The number of carbonyl (C=O) groups excluding carboxylic acids is 1. The van der Waals surface area contributed by atoms with Gasteiger partial charge in [-0.15, -0.1) is 0 Å². The molecule has 1 aromatic carbocycles. The van der Waals surface area contributed by atoms with Crippen LogP contribution in [0.25, 0.3) is 0 Å². The van der Waals surface area contributed by atoms with E-state index in [4.69, 9.17) is 15.4 Å². The molecule has 8 heteroatoms. The average molecular weight is 336 g/mol. The maximum absolute atomic E-state index is 13.8. The Kier molecular flexibility index (Phi) is 4.55. The molecule has 0 aliphatic carbocycles. The Labute approximate surface area is 126 Å². The second-order valence-electron chi connectivity index (χ2n) is 4.96. The molecule has 0 bridgehead atoms. The van der Waals surface area contributed by atoms with E-state index in [0.29, 0.717) is 13.0 Å². The average Bonchev–Trinajstić information content (AvgIpc) is 2.76. The molecule has 0 saturated carbocycles. The van der Waals surface area contributed by atoms with Crippen molar-refractivity contribution in [3.8, 4) is 0 Å². The molecule has 2 rings (SSSR count). The van der Waals surface area contributed by atoms with Gasteiger partial charge in [0.25, 0.3) is 15.0 Å². The molecule has 5 nitrogen and oxygen atoms in total. The predicted molar refractivity (Wildman–Crippen MR) is 75.5 cm³/mol. The number of rotatable bonds is 3. The molecule has 1 heterocycles. The summed E-state index contributed by atoms with van der Waals surface area (Å²) in [6, 6.07) is 1.89. The van der Waals surface area contributed by atoms with Crippen LogP contribution in [0.3, 0.4) is 0 Å². The summed E-state index contributed by atoms with van der Waals surface area (Å²) in [7, 11) is 1.14. The zero-order valence-electron chi connectivity index (χ0n) is 11.5. The van der Waals surface area contributed by atoms with Crippen molar-refractivity contribution in [2.45, 2.75) is 37.3 Å². The fourth-order valence-electron chi connectivity index (χ4n) is 2.21. The fourth-order valence-corrected chi connectivity index (χ4v) is 3.42. The molecule has 116 valence electrons. The Morgan fingerprint density at radius 3 is 2.67 bits per heavy atom. The first kappa shape index (κ1) is 16.2. The standard InChI is InChI=1S/C13H15ClFNO4S/c1-7-10(15)5-9(6-12(7)21(14,18)19)13(17)16-11-3-4-20-8(11)2/h5-6,8,11H,3-4H2,1-2H3,(H,16,17). The van der Waals surface area contributed by atoms with Crippen LogP contribution >= 0.6 is 10.7 Å². The van der Waals surface area contributed by atoms with Crippen molar-refractivity contribution >= 4 is 25.6 Å². The second kappa shape index (κ2) is 5.90. The molecule has 0 radical (unpaired) electrons. The first-order valence-electron chi connectivity index (χ1n) is 6.37. The summed E-state index contributed by atoms with van der Waals surface area (Å²) in [6.45, 7) is 3.65. The van der Waals surface area contributed by atoms with Crippen LogP contribution in [-0.2, 0) is 13.8 Å². The zero-order valence-corrected chi connectivity index (χ0v) is 13.1. The van der Waals surface area contributed by atoms with E-state index in [0.717, 1.165) is 12.1 Å². The van der Waals surface area contributed by atoms with Crippen LogP contribution in [0.4, 0.5) is 4.39 Å². The van der Waals surface area contributed by atoms with E-state index in [2.05, 4.69) is 5.32 Å². The Bertz CT molecular complexity index is 677. The highest BCUT2D eigenvalue weighted by Gasteiger charge is 2.27. The third-order valence-electron chi connectivity index (χ3n) is 3.51. The van der Waals surface area contributed by atoms with Gasteiger partial charge in [0.1, 0.15) is 5.82 Å². The number of amides is 1. The Morgan fingerprint density at radius 2 is 2.14 bits per heavy atom. The Morgan fingerprint density at radius 1 is 1.48 bits per heavy atom. The van der Waals surface area contributed by atoms with E-state index in [1.807, 2.05) is 6.92 Å². The molecule has 1 aromatic rings. The molecular weight excluding hydrogens is 321 g/mol. The van der Waals surface area contributed by atoms with Gasteiger partial charge in [0, 0.05) is 28.4 Å². The van der Waals surface area contributed by atoms with Crippen LogP contribution in [0, 0.1) is 12.7 Å². The van der Waals surface area contributed by atoms with Gasteiger partial charge in [0.05, 0.1) is 17.0 Å². The Hall–Kier alpha value is -1.18. The monoisotopic (exact) mass is 335 g/mol. The quantitative estimate of drug-likeness (QED) is 0.857. The lowest BCUT2D eigenvalue weighted by molar-refractivity contribution is 0.0865. The van der Waals surface area contributed by atoms with Crippen LogP contribution in [0.1, 0.15) is 29.3 Å². The zero-order chi connectivity index (χ0) is 15.8. The molecule has 0 aromatic heterocycles. The van der Waals surface area contributed by atoms with Gasteiger partial charge in [-0.2, -0.15) is 0 Å². The van der Waals surface area contributed by atoms with E-state index in [-0.39, 0.29) is 23.3 Å². The highest BCUT2D eigenvalue weighted by Crippen LogP contribution is 2.24. The van der Waals surface area contributed by atoms with Gasteiger partial charge in [0.15, 0.2) is 0 Å². The molecule has 1 N–H and O–H groups in total. The Balaban J connectivity index is 2.32. The van der Waals surface area contributed by atoms with Gasteiger partial charge in [-0.05, 0) is 32.4 Å². The van der Waals surface area contributed by atoms with Crippen molar-refractivity contribution in [1.29, 1.82) is 0 Å². The maximum atomic E-state index is 13.8. The second-order valence-corrected chi connectivity index (χ2v) is 7.50. The fraction of sp³-hybridized carbons (Fsp3) is 0.462. The summed E-state index contributed by atoms with van der Waals surface area (Å²) >= 11 is 0. The number of benzene rings is 1. The summed E-state index contributed by atoms with van der Waals surface area (Å²) in [5.74, 6) is -1.35. The SMILES string of the molecule is Cc1c(F)cc(C(=O)NC2CCOC2C)cc1S(=O)(=O)Cl. The van der Waals surface area contributed by atoms with Crippen LogP contribution in [0.2, 0.25) is 0 Å². The molecule has 1 fully saturated rings. The van der Waals surface area contributed by atoms with Gasteiger partial charge >= 0.3 is 0 Å². The normalized spacial score (nSPS) is 22.3. The third-order valence-corrected chi connectivity index (χ3v) is 4.96. The van der Waals surface area contributed by atoms with Crippen molar-refractivity contribution in [3.05, 3.63) is 29.1 Å². The molecule has 0 spiro atoms. The molecule has 1 amide bonds. The minimum Gasteiger partial charge on any atom is -0.376 e. The number of halogens is 2. The van der Waals surface area contributed by atoms with Crippen LogP contribution in [0.15, 0.2) is 17.0 Å². The third kappa shape index (κ3) is 3.53. The topological polar surface area (TPSA) is 72.5 Å². The van der Waals surface area contributed by atoms with E-state index < -0.39 is 25.7 Å². The first-order valence-corrected chi connectivity index (χ1v) is 8.68. The first-order chi connectivity index (χ1) is 9.70. The highest BCUT2D eigenvalue weighted by molar-refractivity contribution is 8.13. The van der Waals surface area contributed by atoms with Crippen LogP contribution in [0.5, 0.6) is 0 Å². The van der Waals surface area contributed by atoms with E-state index in [1.54, 1.807) is 0 Å². The number of hydrogen-bond acceptors (Lipinski definition) is 4. The summed E-state index contributed by atoms with van der Waals surface area (Å²) < 4.78 is 42.0. The molecular formula is C13H15ClFNO4S. The van der Waals surface area contributed by atoms with E-state index in [1.165, 1.54) is 6.92 Å². The minimum atomic E-state index is -4.12. The largest absolute Gasteiger partial charge is 0.376 e. The minimum absolute atomic E-state index is 0.0866. The van der Waals surface area contributed by atoms with Crippen LogP contribution in [-0.4, -0.2) is 33.1 Å². The van der Waals surface area contributed by atoms with Gasteiger partial charge in [0.2, 0.25) is 0 Å². The number of carbonyl (C=O) groups is 1. The van der Waals surface area contributed by atoms with Crippen molar-refractivity contribution in [2.24, 2.45) is 0 Å². The number of hydrogen-bond donors (Lipinski definition) is 1. The summed E-state index contributed by atoms with van der Waals surface area (Å²) in [5, 5.41) is 2.70. The maximum Gasteiger partial charge on any atom is 0.261 e. The summed E-state index contributed by atoms with van der Waals surface area (Å²) in [6.07, 6.45) is 0.516. The highest BCUT2D eigenvalue weighted by atomic mass is 35.7. The molecule has 1 saturated heterocycles. The van der Waals surface area contributed by atoms with Gasteiger partial charge < -0.3 is 10.1 Å². The lowest BCUT2D eigenvalue weighted by Crippen LogP contribution is -2.39. The number of nitrogens with one attached hydrogen (secondary N) is 1. The van der Waals surface area contributed by atoms with Crippen molar-refractivity contribution in [2.75, 3.05) is 6.61 Å². The molecule has 1 aliphatic heterocycles. The number of ether oxygens (including phenoxy) is 1. The summed E-state index contributed by atoms with van der Waals surface area (Å²) in [4.78, 5) is 11.7. The van der Waals surface area contributed by atoms with Gasteiger partial charge in [-0.3, -0.25) is 4.79 Å². The van der Waals surface area contributed by atoms with Gasteiger partial charge in [-0.1, -0.05) is 0 Å².